The first-order valence-electron chi connectivity index (χ1n) is 6.21. The maximum atomic E-state index is 5.52. The SMILES string of the molecule is CCN1CCN(C(=NCCOC)NN)CC1C. The standard InChI is InChI=1S/C11H25N5O/c1-4-15-6-7-16(9-10(15)2)11(14-12)13-5-8-17-3/h10H,4-9,12H2,1-3H3,(H,13,14). The van der Waals surface area contributed by atoms with Crippen LogP contribution in [-0.2, 0) is 4.74 Å². The zero-order valence-corrected chi connectivity index (χ0v) is 11.1. The molecule has 0 spiro atoms. The van der Waals surface area contributed by atoms with Gasteiger partial charge in [-0.25, -0.2) is 10.8 Å². The molecule has 1 fully saturated rings. The van der Waals surface area contributed by atoms with E-state index in [1.54, 1.807) is 7.11 Å². The van der Waals surface area contributed by atoms with Crippen molar-refractivity contribution in [3.8, 4) is 0 Å². The highest BCUT2D eigenvalue weighted by atomic mass is 16.5. The Labute approximate surface area is 104 Å². The Balaban J connectivity index is 2.50. The zero-order chi connectivity index (χ0) is 12.7. The lowest BCUT2D eigenvalue weighted by molar-refractivity contribution is 0.127. The average Bonchev–Trinajstić information content (AvgIpc) is 2.35. The Morgan fingerprint density at radius 3 is 2.82 bits per heavy atom. The lowest BCUT2D eigenvalue weighted by Crippen LogP contribution is -2.57. The fraction of sp³-hybridized carbons (Fsp3) is 0.909. The molecule has 0 radical (unpaired) electrons. The van der Waals surface area contributed by atoms with Crippen LogP contribution >= 0.6 is 0 Å². The fourth-order valence-corrected chi connectivity index (χ4v) is 2.14. The van der Waals surface area contributed by atoms with E-state index in [-0.39, 0.29) is 0 Å². The van der Waals surface area contributed by atoms with Gasteiger partial charge < -0.3 is 9.64 Å². The normalized spacial score (nSPS) is 22.9. The first-order chi connectivity index (χ1) is 8.22. The molecule has 0 aromatic carbocycles. The lowest BCUT2D eigenvalue weighted by Gasteiger charge is -2.40. The molecular weight excluding hydrogens is 218 g/mol. The van der Waals surface area contributed by atoms with Crippen LogP contribution in [0.2, 0.25) is 0 Å². The van der Waals surface area contributed by atoms with Crippen LogP contribution in [0.25, 0.3) is 0 Å². The summed E-state index contributed by atoms with van der Waals surface area (Å²) in [5.41, 5.74) is 2.69. The monoisotopic (exact) mass is 243 g/mol. The van der Waals surface area contributed by atoms with Crippen LogP contribution in [0.3, 0.4) is 0 Å². The number of guanidine groups is 1. The molecule has 0 saturated carbocycles. The zero-order valence-electron chi connectivity index (χ0n) is 11.1. The fourth-order valence-electron chi connectivity index (χ4n) is 2.14. The molecule has 0 amide bonds. The number of rotatable bonds is 4. The minimum atomic E-state index is 0.537. The molecule has 0 aromatic heterocycles. The Kier molecular flexibility index (Phi) is 6.25. The van der Waals surface area contributed by atoms with E-state index in [1.807, 2.05) is 0 Å². The minimum absolute atomic E-state index is 0.537. The minimum Gasteiger partial charge on any atom is -0.383 e. The number of hydrogen-bond acceptors (Lipinski definition) is 4. The van der Waals surface area contributed by atoms with Gasteiger partial charge in [0.1, 0.15) is 0 Å². The second kappa shape index (κ2) is 7.47. The number of nitrogens with one attached hydrogen (secondary N) is 1. The van der Waals surface area contributed by atoms with Gasteiger partial charge in [-0.2, -0.15) is 0 Å². The van der Waals surface area contributed by atoms with Gasteiger partial charge in [-0.05, 0) is 13.5 Å². The summed E-state index contributed by atoms with van der Waals surface area (Å²) >= 11 is 0. The van der Waals surface area contributed by atoms with Crippen molar-refractivity contribution < 1.29 is 4.74 Å². The second-order valence-electron chi connectivity index (χ2n) is 4.27. The maximum absolute atomic E-state index is 5.52. The van der Waals surface area contributed by atoms with Crippen LogP contribution in [0.1, 0.15) is 13.8 Å². The summed E-state index contributed by atoms with van der Waals surface area (Å²) in [5.74, 6) is 6.29. The quantitative estimate of drug-likeness (QED) is 0.229. The second-order valence-corrected chi connectivity index (χ2v) is 4.27. The molecule has 1 aliphatic heterocycles. The number of nitrogens with zero attached hydrogens (tertiary/aromatic N) is 3. The Morgan fingerprint density at radius 2 is 2.29 bits per heavy atom. The van der Waals surface area contributed by atoms with Crippen LogP contribution in [-0.4, -0.2) is 68.2 Å². The van der Waals surface area contributed by atoms with Crippen LogP contribution in [0.4, 0.5) is 0 Å². The molecule has 100 valence electrons. The number of likely N-dealkylation sites (N-methyl/N-ethyl adjacent to an activating group) is 1. The van der Waals surface area contributed by atoms with Crippen molar-refractivity contribution in [3.63, 3.8) is 0 Å². The molecule has 0 aliphatic carbocycles. The summed E-state index contributed by atoms with van der Waals surface area (Å²) < 4.78 is 4.98. The molecule has 1 saturated heterocycles. The average molecular weight is 243 g/mol. The highest BCUT2D eigenvalue weighted by molar-refractivity contribution is 5.79. The highest BCUT2D eigenvalue weighted by Gasteiger charge is 2.23. The van der Waals surface area contributed by atoms with Gasteiger partial charge >= 0.3 is 0 Å². The summed E-state index contributed by atoms with van der Waals surface area (Å²) in [6.45, 7) is 9.77. The number of nitrogens with two attached hydrogens (primary N) is 1. The number of hydrazine groups is 1. The first kappa shape index (κ1) is 14.2. The largest absolute Gasteiger partial charge is 0.383 e. The number of hydrogen-bond donors (Lipinski definition) is 2. The van der Waals surface area contributed by atoms with Crippen molar-refractivity contribution in [2.75, 3.05) is 46.4 Å². The van der Waals surface area contributed by atoms with Gasteiger partial charge in [-0.15, -0.1) is 0 Å². The van der Waals surface area contributed by atoms with Gasteiger partial charge in [-0.3, -0.25) is 10.3 Å². The molecule has 0 aromatic rings. The van der Waals surface area contributed by atoms with E-state index >= 15 is 0 Å². The van der Waals surface area contributed by atoms with E-state index in [2.05, 4.69) is 34.1 Å². The van der Waals surface area contributed by atoms with E-state index in [1.165, 1.54) is 0 Å². The van der Waals surface area contributed by atoms with Crippen molar-refractivity contribution in [3.05, 3.63) is 0 Å². The number of piperazine rings is 1. The number of aliphatic imine (C=N–C) groups is 1. The molecule has 1 unspecified atom stereocenters. The van der Waals surface area contributed by atoms with Gasteiger partial charge in [0.15, 0.2) is 0 Å². The summed E-state index contributed by atoms with van der Waals surface area (Å²) in [6.07, 6.45) is 0. The molecule has 3 N–H and O–H groups in total. The Hall–Kier alpha value is -0.850. The first-order valence-corrected chi connectivity index (χ1v) is 6.21. The molecular formula is C11H25N5O. The van der Waals surface area contributed by atoms with Crippen LogP contribution in [0.15, 0.2) is 4.99 Å². The smallest absolute Gasteiger partial charge is 0.208 e. The Bertz CT molecular complexity index is 246. The third-order valence-corrected chi connectivity index (χ3v) is 3.16. The third-order valence-electron chi connectivity index (χ3n) is 3.16. The van der Waals surface area contributed by atoms with E-state index in [4.69, 9.17) is 10.6 Å². The molecule has 0 bridgehead atoms. The summed E-state index contributed by atoms with van der Waals surface area (Å²) in [6, 6.07) is 0.537. The van der Waals surface area contributed by atoms with Gasteiger partial charge in [0.25, 0.3) is 0 Å². The van der Waals surface area contributed by atoms with Crippen LogP contribution < -0.4 is 11.3 Å². The van der Waals surface area contributed by atoms with Gasteiger partial charge in [-0.1, -0.05) is 6.92 Å². The third kappa shape index (κ3) is 4.14. The van der Waals surface area contributed by atoms with Gasteiger partial charge in [0.2, 0.25) is 5.96 Å². The molecule has 6 heteroatoms. The predicted octanol–water partition coefficient (Wildman–Crippen LogP) is -0.522. The van der Waals surface area contributed by atoms with Crippen LogP contribution in [0, 0.1) is 0 Å². The number of methoxy groups -OCH3 is 1. The molecule has 1 atom stereocenters. The van der Waals surface area contributed by atoms with Crippen molar-refractivity contribution >= 4 is 5.96 Å². The van der Waals surface area contributed by atoms with Crippen molar-refractivity contribution in [1.82, 2.24) is 15.2 Å². The molecule has 1 rings (SSSR count). The van der Waals surface area contributed by atoms with E-state index in [9.17, 15) is 0 Å². The number of ether oxygens (including phenoxy) is 1. The molecule has 6 nitrogen and oxygen atoms in total. The van der Waals surface area contributed by atoms with E-state index in [0.29, 0.717) is 19.2 Å². The van der Waals surface area contributed by atoms with Crippen molar-refractivity contribution in [2.24, 2.45) is 10.8 Å². The van der Waals surface area contributed by atoms with Gasteiger partial charge in [0.05, 0.1) is 13.2 Å². The topological polar surface area (TPSA) is 66.1 Å². The van der Waals surface area contributed by atoms with Crippen LogP contribution in [0.5, 0.6) is 0 Å². The molecule has 1 aliphatic rings. The maximum Gasteiger partial charge on any atom is 0.208 e. The van der Waals surface area contributed by atoms with Crippen molar-refractivity contribution in [2.45, 2.75) is 19.9 Å². The Morgan fingerprint density at radius 1 is 1.53 bits per heavy atom. The predicted molar refractivity (Wildman–Crippen MR) is 69.8 cm³/mol. The summed E-state index contributed by atoms with van der Waals surface area (Å²) in [7, 11) is 1.67. The van der Waals surface area contributed by atoms with Gasteiger partial charge in [0, 0.05) is 32.8 Å². The highest BCUT2D eigenvalue weighted by Crippen LogP contribution is 2.08. The molecule has 1 heterocycles. The van der Waals surface area contributed by atoms with E-state index < -0.39 is 0 Å². The molecule has 17 heavy (non-hydrogen) atoms. The summed E-state index contributed by atoms with van der Waals surface area (Å²) in [5, 5.41) is 0. The summed E-state index contributed by atoms with van der Waals surface area (Å²) in [4.78, 5) is 9.06. The van der Waals surface area contributed by atoms with E-state index in [0.717, 1.165) is 32.1 Å². The lowest BCUT2D eigenvalue weighted by atomic mass is 10.2. The van der Waals surface area contributed by atoms with Crippen molar-refractivity contribution in [1.29, 1.82) is 0 Å².